The zero-order valence-corrected chi connectivity index (χ0v) is 11.8. The zero-order valence-electron chi connectivity index (χ0n) is 11.8. The Kier molecular flexibility index (Phi) is 3.62. The van der Waals surface area contributed by atoms with E-state index in [4.69, 9.17) is 0 Å². The maximum atomic E-state index is 11.4. The van der Waals surface area contributed by atoms with Gasteiger partial charge in [0.05, 0.1) is 0 Å². The second kappa shape index (κ2) is 5.05. The minimum absolute atomic E-state index is 0.496. The van der Waals surface area contributed by atoms with Crippen LogP contribution in [0, 0.1) is 6.92 Å². The molecule has 2 rings (SSSR count). The van der Waals surface area contributed by atoms with Crippen LogP contribution in [0.2, 0.25) is 0 Å². The molecule has 1 unspecified atom stereocenters. The van der Waals surface area contributed by atoms with Crippen LogP contribution in [0.1, 0.15) is 11.3 Å². The largest absolute Gasteiger partial charge is 0.480 e. The second-order valence-electron chi connectivity index (χ2n) is 5.16. The van der Waals surface area contributed by atoms with Crippen LogP contribution in [0.3, 0.4) is 0 Å². The summed E-state index contributed by atoms with van der Waals surface area (Å²) in [5, 5.41) is 10.5. The Morgan fingerprint density at radius 1 is 1.37 bits per heavy atom. The molecule has 4 heteroatoms. The lowest BCUT2D eigenvalue weighted by Gasteiger charge is -2.20. The van der Waals surface area contributed by atoms with Gasteiger partial charge in [-0.2, -0.15) is 0 Å². The molecule has 1 atom stereocenters. The highest BCUT2D eigenvalue weighted by molar-refractivity contribution is 5.86. The topological polar surface area (TPSA) is 45.5 Å². The first-order chi connectivity index (χ1) is 8.93. The van der Waals surface area contributed by atoms with Crippen molar-refractivity contribution in [3.8, 4) is 0 Å². The van der Waals surface area contributed by atoms with Crippen molar-refractivity contribution in [1.82, 2.24) is 9.47 Å². The van der Waals surface area contributed by atoms with Gasteiger partial charge in [-0.05, 0) is 32.6 Å². The van der Waals surface area contributed by atoms with E-state index < -0.39 is 12.0 Å². The molecule has 19 heavy (non-hydrogen) atoms. The lowest BCUT2D eigenvalue weighted by Crippen LogP contribution is -2.37. The number of hydrogen-bond acceptors (Lipinski definition) is 2. The summed E-state index contributed by atoms with van der Waals surface area (Å²) in [5.41, 5.74) is 3.41. The van der Waals surface area contributed by atoms with E-state index in [0.29, 0.717) is 6.42 Å². The fourth-order valence-corrected chi connectivity index (χ4v) is 2.54. The Bertz CT molecular complexity index is 614. The molecule has 1 aromatic heterocycles. The minimum Gasteiger partial charge on any atom is -0.480 e. The first-order valence-electron chi connectivity index (χ1n) is 6.35. The second-order valence-corrected chi connectivity index (χ2v) is 5.16. The Morgan fingerprint density at radius 2 is 2.00 bits per heavy atom. The molecule has 2 aromatic rings. The van der Waals surface area contributed by atoms with Crippen molar-refractivity contribution >= 4 is 16.9 Å². The SMILES string of the molecule is Cc1c(CC(C(=O)O)N(C)C)c2ccccc2n1C. The van der Waals surface area contributed by atoms with Crippen LogP contribution in [0.15, 0.2) is 24.3 Å². The predicted molar refractivity (Wildman–Crippen MR) is 76.5 cm³/mol. The summed E-state index contributed by atoms with van der Waals surface area (Å²) in [4.78, 5) is 13.1. The Balaban J connectivity index is 2.51. The van der Waals surface area contributed by atoms with Gasteiger partial charge < -0.3 is 9.67 Å². The molecular weight excluding hydrogens is 240 g/mol. The number of aliphatic carboxylic acids is 1. The van der Waals surface area contributed by atoms with Crippen molar-refractivity contribution in [2.75, 3.05) is 14.1 Å². The summed E-state index contributed by atoms with van der Waals surface area (Å²) in [6, 6.07) is 7.64. The first-order valence-corrected chi connectivity index (χ1v) is 6.35. The molecule has 0 saturated heterocycles. The smallest absolute Gasteiger partial charge is 0.321 e. The lowest BCUT2D eigenvalue weighted by molar-refractivity contribution is -0.142. The molecule has 0 fully saturated rings. The third-order valence-corrected chi connectivity index (χ3v) is 3.84. The van der Waals surface area contributed by atoms with E-state index in [1.807, 2.05) is 26.1 Å². The van der Waals surface area contributed by atoms with E-state index >= 15 is 0 Å². The van der Waals surface area contributed by atoms with Crippen LogP contribution in [0.5, 0.6) is 0 Å². The van der Waals surface area contributed by atoms with Gasteiger partial charge in [0, 0.05) is 30.1 Å². The number of aromatic nitrogens is 1. The van der Waals surface area contributed by atoms with E-state index in [-0.39, 0.29) is 0 Å². The summed E-state index contributed by atoms with van der Waals surface area (Å²) in [6.07, 6.45) is 0.523. The molecule has 102 valence electrons. The molecule has 1 heterocycles. The predicted octanol–water partition coefficient (Wildman–Crippen LogP) is 2.04. The Morgan fingerprint density at radius 3 is 2.58 bits per heavy atom. The normalized spacial score (nSPS) is 13.1. The number of nitrogens with zero attached hydrogens (tertiary/aromatic N) is 2. The van der Waals surface area contributed by atoms with E-state index in [1.54, 1.807) is 19.0 Å². The summed E-state index contributed by atoms with van der Waals surface area (Å²) in [7, 11) is 5.63. The van der Waals surface area contributed by atoms with E-state index in [0.717, 1.165) is 22.2 Å². The molecule has 0 aliphatic rings. The number of rotatable bonds is 4. The van der Waals surface area contributed by atoms with Crippen molar-refractivity contribution in [3.05, 3.63) is 35.5 Å². The van der Waals surface area contributed by atoms with Gasteiger partial charge in [-0.3, -0.25) is 9.69 Å². The van der Waals surface area contributed by atoms with Crippen molar-refractivity contribution in [3.63, 3.8) is 0 Å². The first kappa shape index (κ1) is 13.6. The summed E-state index contributed by atoms with van der Waals surface area (Å²) < 4.78 is 2.12. The molecule has 0 aliphatic heterocycles. The van der Waals surface area contributed by atoms with Crippen LogP contribution < -0.4 is 0 Å². The number of carboxylic acids is 1. The average Bonchev–Trinajstić information content (AvgIpc) is 2.59. The van der Waals surface area contributed by atoms with E-state index in [2.05, 4.69) is 16.7 Å². The van der Waals surface area contributed by atoms with Gasteiger partial charge in [0.2, 0.25) is 0 Å². The number of benzene rings is 1. The number of aryl methyl sites for hydroxylation is 1. The molecule has 0 spiro atoms. The van der Waals surface area contributed by atoms with Gasteiger partial charge in [-0.15, -0.1) is 0 Å². The summed E-state index contributed by atoms with van der Waals surface area (Å²) in [6.45, 7) is 2.05. The Hall–Kier alpha value is -1.81. The molecule has 1 N–H and O–H groups in total. The number of carbonyl (C=O) groups is 1. The van der Waals surface area contributed by atoms with Crippen molar-refractivity contribution in [1.29, 1.82) is 0 Å². The van der Waals surface area contributed by atoms with Gasteiger partial charge in [0.15, 0.2) is 0 Å². The summed E-state index contributed by atoms with van der Waals surface area (Å²) in [5.74, 6) is -0.780. The highest BCUT2D eigenvalue weighted by Crippen LogP contribution is 2.26. The fourth-order valence-electron chi connectivity index (χ4n) is 2.54. The van der Waals surface area contributed by atoms with Gasteiger partial charge >= 0.3 is 5.97 Å². The molecule has 0 aliphatic carbocycles. The van der Waals surface area contributed by atoms with Crippen molar-refractivity contribution in [2.24, 2.45) is 7.05 Å². The molecular formula is C15H20N2O2. The highest BCUT2D eigenvalue weighted by atomic mass is 16.4. The number of likely N-dealkylation sites (N-methyl/N-ethyl adjacent to an activating group) is 1. The lowest BCUT2D eigenvalue weighted by atomic mass is 10.0. The number of para-hydroxylation sites is 1. The van der Waals surface area contributed by atoms with Crippen LogP contribution in [-0.2, 0) is 18.3 Å². The average molecular weight is 260 g/mol. The summed E-state index contributed by atoms with van der Waals surface area (Å²) >= 11 is 0. The van der Waals surface area contributed by atoms with Crippen LogP contribution in [0.25, 0.3) is 10.9 Å². The molecule has 0 amide bonds. The number of fused-ring (bicyclic) bond motifs is 1. The van der Waals surface area contributed by atoms with Crippen LogP contribution in [-0.4, -0.2) is 40.7 Å². The van der Waals surface area contributed by atoms with Crippen molar-refractivity contribution in [2.45, 2.75) is 19.4 Å². The molecule has 4 nitrogen and oxygen atoms in total. The fraction of sp³-hybridized carbons (Fsp3) is 0.400. The zero-order chi connectivity index (χ0) is 14.2. The van der Waals surface area contributed by atoms with Crippen molar-refractivity contribution < 1.29 is 9.90 Å². The van der Waals surface area contributed by atoms with E-state index in [9.17, 15) is 9.90 Å². The standard InChI is InChI=1S/C15H20N2O2/c1-10-12(9-14(15(18)19)16(2)3)11-7-5-6-8-13(11)17(10)4/h5-8,14H,9H2,1-4H3,(H,18,19). The molecule has 1 aromatic carbocycles. The monoisotopic (exact) mass is 260 g/mol. The Labute approximate surface area is 113 Å². The maximum absolute atomic E-state index is 11.4. The molecule has 0 bridgehead atoms. The van der Waals surface area contributed by atoms with E-state index in [1.165, 1.54) is 0 Å². The van der Waals surface area contributed by atoms with Gasteiger partial charge in [0.25, 0.3) is 0 Å². The molecule has 0 radical (unpaired) electrons. The minimum atomic E-state index is -0.780. The number of hydrogen-bond donors (Lipinski definition) is 1. The third kappa shape index (κ3) is 2.36. The number of carboxylic acid groups (broad SMARTS) is 1. The van der Waals surface area contributed by atoms with Crippen LogP contribution in [0.4, 0.5) is 0 Å². The van der Waals surface area contributed by atoms with Gasteiger partial charge in [-0.25, -0.2) is 0 Å². The highest BCUT2D eigenvalue weighted by Gasteiger charge is 2.23. The molecule has 0 saturated carbocycles. The maximum Gasteiger partial charge on any atom is 0.321 e. The van der Waals surface area contributed by atoms with Gasteiger partial charge in [0.1, 0.15) is 6.04 Å². The van der Waals surface area contributed by atoms with Crippen LogP contribution >= 0.6 is 0 Å². The quantitative estimate of drug-likeness (QED) is 0.915. The third-order valence-electron chi connectivity index (χ3n) is 3.84. The van der Waals surface area contributed by atoms with Gasteiger partial charge in [-0.1, -0.05) is 18.2 Å².